The Kier molecular flexibility index (Phi) is 10.4. The van der Waals surface area contributed by atoms with E-state index < -0.39 is 5.97 Å². The second kappa shape index (κ2) is 13.7. The number of hydrogen-bond donors (Lipinski definition) is 2. The molecule has 0 saturated heterocycles. The maximum Gasteiger partial charge on any atom is 0.303 e. The molecule has 0 radical (unpaired) electrons. The number of carbonyl (C=O) groups excluding carboxylic acids is 1. The molecule has 2 N–H and O–H groups in total. The molecule has 0 saturated carbocycles. The van der Waals surface area contributed by atoms with Crippen LogP contribution in [-0.2, 0) is 9.59 Å². The molecule has 0 aliphatic rings. The predicted octanol–water partition coefficient (Wildman–Crippen LogP) is 7.55. The smallest absolute Gasteiger partial charge is 0.303 e. The molecule has 1 amide bonds. The Balaban J connectivity index is 1.68. The van der Waals surface area contributed by atoms with Gasteiger partial charge in [0.05, 0.1) is 12.3 Å². The zero-order valence-electron chi connectivity index (χ0n) is 21.8. The molecule has 3 rings (SSSR count). The number of para-hydroxylation sites is 2. The molecule has 0 aliphatic carbocycles. The lowest BCUT2D eigenvalue weighted by Gasteiger charge is -2.20. The number of anilines is 1. The van der Waals surface area contributed by atoms with E-state index in [2.05, 4.69) is 61.1 Å². The topological polar surface area (TPSA) is 80.6 Å². The van der Waals surface area contributed by atoms with Crippen LogP contribution in [0, 0.1) is 0 Å². The standard InChI is InChI=1S/C30H40N2O4/c1-4-10-25(11-5-2)32-18-17-24-20-23(15-16-27(24)32)22(6-3)21-29(33)31-26-12-7-8-13-28(26)36-19-9-14-30(34)35/h7-8,12-13,15-18,20,22,25H,4-6,9-11,14,19,21H2,1-3H3,(H,31,33)(H,34,35). The quantitative estimate of drug-likeness (QED) is 0.215. The summed E-state index contributed by atoms with van der Waals surface area (Å²) in [6.45, 7) is 6.89. The van der Waals surface area contributed by atoms with Gasteiger partial charge in [-0.2, -0.15) is 0 Å². The molecule has 1 heterocycles. The van der Waals surface area contributed by atoms with Crippen LogP contribution in [0.1, 0.15) is 89.7 Å². The Morgan fingerprint density at radius 3 is 2.47 bits per heavy atom. The van der Waals surface area contributed by atoms with Crippen molar-refractivity contribution in [3.05, 3.63) is 60.3 Å². The van der Waals surface area contributed by atoms with E-state index in [-0.39, 0.29) is 24.9 Å². The van der Waals surface area contributed by atoms with Crippen LogP contribution >= 0.6 is 0 Å². The fraction of sp³-hybridized carbons (Fsp3) is 0.467. The van der Waals surface area contributed by atoms with Gasteiger partial charge >= 0.3 is 5.97 Å². The molecule has 1 atom stereocenters. The zero-order chi connectivity index (χ0) is 25.9. The molecule has 194 valence electrons. The summed E-state index contributed by atoms with van der Waals surface area (Å²) in [5.41, 5.74) is 3.05. The first-order chi connectivity index (χ1) is 17.5. The third kappa shape index (κ3) is 7.36. The Bertz CT molecular complexity index is 1130. The number of nitrogens with zero attached hydrogens (tertiary/aromatic N) is 1. The van der Waals surface area contributed by atoms with Crippen molar-refractivity contribution in [2.24, 2.45) is 0 Å². The van der Waals surface area contributed by atoms with E-state index in [1.165, 1.54) is 42.1 Å². The molecule has 0 aliphatic heterocycles. The van der Waals surface area contributed by atoms with Crippen LogP contribution in [0.4, 0.5) is 5.69 Å². The van der Waals surface area contributed by atoms with Crippen LogP contribution in [0.15, 0.2) is 54.7 Å². The number of carboxylic acids is 1. The number of amides is 1. The van der Waals surface area contributed by atoms with Gasteiger partial charge in [0.25, 0.3) is 0 Å². The van der Waals surface area contributed by atoms with E-state index in [1.54, 1.807) is 6.07 Å². The summed E-state index contributed by atoms with van der Waals surface area (Å²) in [7, 11) is 0. The van der Waals surface area contributed by atoms with Gasteiger partial charge in [-0.3, -0.25) is 9.59 Å². The van der Waals surface area contributed by atoms with Crippen molar-refractivity contribution in [2.45, 2.75) is 84.1 Å². The molecule has 36 heavy (non-hydrogen) atoms. The highest BCUT2D eigenvalue weighted by Gasteiger charge is 2.18. The van der Waals surface area contributed by atoms with Crippen LogP contribution in [-0.4, -0.2) is 28.2 Å². The number of benzene rings is 2. The lowest BCUT2D eigenvalue weighted by Crippen LogP contribution is -2.16. The van der Waals surface area contributed by atoms with Crippen molar-refractivity contribution >= 4 is 28.5 Å². The largest absolute Gasteiger partial charge is 0.491 e. The predicted molar refractivity (Wildman–Crippen MR) is 146 cm³/mol. The molecule has 1 unspecified atom stereocenters. The van der Waals surface area contributed by atoms with Gasteiger partial charge in [-0.05, 0) is 72.9 Å². The lowest BCUT2D eigenvalue weighted by molar-refractivity contribution is -0.137. The summed E-state index contributed by atoms with van der Waals surface area (Å²) >= 11 is 0. The highest BCUT2D eigenvalue weighted by molar-refractivity contribution is 5.93. The highest BCUT2D eigenvalue weighted by Crippen LogP contribution is 2.32. The molecular formula is C30H40N2O4. The first-order valence-corrected chi connectivity index (χ1v) is 13.3. The second-order valence-electron chi connectivity index (χ2n) is 9.47. The van der Waals surface area contributed by atoms with Gasteiger partial charge in [0.15, 0.2) is 0 Å². The fourth-order valence-corrected chi connectivity index (χ4v) is 4.87. The normalized spacial score (nSPS) is 12.1. The van der Waals surface area contributed by atoms with E-state index in [0.29, 0.717) is 30.3 Å². The Morgan fingerprint density at radius 1 is 1.03 bits per heavy atom. The minimum atomic E-state index is -0.845. The number of aromatic nitrogens is 1. The maximum atomic E-state index is 13.0. The van der Waals surface area contributed by atoms with Crippen molar-refractivity contribution in [3.8, 4) is 5.75 Å². The summed E-state index contributed by atoms with van der Waals surface area (Å²) in [6.07, 6.45) is 8.63. The number of ether oxygens (including phenoxy) is 1. The summed E-state index contributed by atoms with van der Waals surface area (Å²) in [5, 5.41) is 13.0. The molecule has 0 bridgehead atoms. The molecule has 1 aromatic heterocycles. The van der Waals surface area contributed by atoms with Crippen LogP contribution < -0.4 is 10.1 Å². The van der Waals surface area contributed by atoms with Crippen LogP contribution in [0.5, 0.6) is 5.75 Å². The first-order valence-electron chi connectivity index (χ1n) is 13.3. The average molecular weight is 493 g/mol. The number of rotatable bonds is 15. The number of hydrogen-bond acceptors (Lipinski definition) is 3. The highest BCUT2D eigenvalue weighted by atomic mass is 16.5. The van der Waals surface area contributed by atoms with Crippen molar-refractivity contribution in [1.82, 2.24) is 4.57 Å². The second-order valence-corrected chi connectivity index (χ2v) is 9.47. The lowest BCUT2D eigenvalue weighted by atomic mass is 9.92. The Hall–Kier alpha value is -3.28. The van der Waals surface area contributed by atoms with Gasteiger partial charge in [-0.1, -0.05) is 51.8 Å². The van der Waals surface area contributed by atoms with Gasteiger partial charge in [0.2, 0.25) is 5.91 Å². The van der Waals surface area contributed by atoms with Gasteiger partial charge in [0, 0.05) is 30.6 Å². The molecule has 0 fully saturated rings. The average Bonchev–Trinajstić information content (AvgIpc) is 3.29. The molecule has 0 spiro atoms. The van der Waals surface area contributed by atoms with Crippen LogP contribution in [0.2, 0.25) is 0 Å². The fourth-order valence-electron chi connectivity index (χ4n) is 4.87. The number of carboxylic acid groups (broad SMARTS) is 1. The summed E-state index contributed by atoms with van der Waals surface area (Å²) < 4.78 is 8.15. The van der Waals surface area contributed by atoms with Gasteiger partial charge in [-0.25, -0.2) is 0 Å². The van der Waals surface area contributed by atoms with E-state index >= 15 is 0 Å². The number of aliphatic carboxylic acids is 1. The van der Waals surface area contributed by atoms with Crippen molar-refractivity contribution < 1.29 is 19.4 Å². The Labute approximate surface area is 214 Å². The van der Waals surface area contributed by atoms with Crippen molar-refractivity contribution in [3.63, 3.8) is 0 Å². The van der Waals surface area contributed by atoms with Crippen molar-refractivity contribution in [2.75, 3.05) is 11.9 Å². The maximum absolute atomic E-state index is 13.0. The number of nitrogens with one attached hydrogen (secondary N) is 1. The van der Waals surface area contributed by atoms with E-state index in [4.69, 9.17) is 9.84 Å². The van der Waals surface area contributed by atoms with Crippen molar-refractivity contribution in [1.29, 1.82) is 0 Å². The SMILES string of the molecule is CCCC(CCC)n1ccc2cc(C(CC)CC(=O)Nc3ccccc3OCCCC(=O)O)ccc21. The van der Waals surface area contributed by atoms with Gasteiger partial charge in [-0.15, -0.1) is 0 Å². The molecule has 2 aromatic carbocycles. The summed E-state index contributed by atoms with van der Waals surface area (Å²) in [6, 6.07) is 16.6. The molecule has 6 nitrogen and oxygen atoms in total. The molecular weight excluding hydrogens is 452 g/mol. The third-order valence-electron chi connectivity index (χ3n) is 6.73. The van der Waals surface area contributed by atoms with Crippen LogP contribution in [0.25, 0.3) is 10.9 Å². The summed E-state index contributed by atoms with van der Waals surface area (Å²) in [5.74, 6) is -0.237. The first kappa shape index (κ1) is 27.3. The van der Waals surface area contributed by atoms with Gasteiger partial charge < -0.3 is 19.7 Å². The van der Waals surface area contributed by atoms with E-state index in [9.17, 15) is 9.59 Å². The Morgan fingerprint density at radius 2 is 1.78 bits per heavy atom. The molecule has 3 aromatic rings. The monoisotopic (exact) mass is 492 g/mol. The number of carbonyl (C=O) groups is 2. The minimum absolute atomic E-state index is 0.0539. The zero-order valence-corrected chi connectivity index (χ0v) is 21.8. The van der Waals surface area contributed by atoms with E-state index in [0.717, 1.165) is 6.42 Å². The van der Waals surface area contributed by atoms with Gasteiger partial charge in [0.1, 0.15) is 5.75 Å². The van der Waals surface area contributed by atoms with Crippen LogP contribution in [0.3, 0.4) is 0 Å². The minimum Gasteiger partial charge on any atom is -0.491 e. The summed E-state index contributed by atoms with van der Waals surface area (Å²) in [4.78, 5) is 23.7. The number of fused-ring (bicyclic) bond motifs is 1. The molecule has 6 heteroatoms. The van der Waals surface area contributed by atoms with E-state index in [1.807, 2.05) is 18.2 Å². The third-order valence-corrected chi connectivity index (χ3v) is 6.73.